The molecule has 7 nitrogen and oxygen atoms in total. The van der Waals surface area contributed by atoms with E-state index in [1.54, 1.807) is 22.5 Å². The van der Waals surface area contributed by atoms with Crippen molar-refractivity contribution in [2.45, 2.75) is 28.1 Å². The molecule has 9 heteroatoms. The molecule has 0 unspecified atom stereocenters. The van der Waals surface area contributed by atoms with Crippen LogP contribution < -0.4 is 9.47 Å². The highest BCUT2D eigenvalue weighted by Crippen LogP contribution is 2.46. The van der Waals surface area contributed by atoms with Crippen molar-refractivity contribution in [1.29, 1.82) is 0 Å². The molecule has 2 fully saturated rings. The molecular formula is C19H23N3O4S2. The van der Waals surface area contributed by atoms with Crippen LogP contribution in [0.1, 0.15) is 12.8 Å². The lowest BCUT2D eigenvalue weighted by atomic mass is 10.0. The largest absolute Gasteiger partial charge is 0.486 e. The van der Waals surface area contributed by atoms with Gasteiger partial charge in [-0.2, -0.15) is 4.31 Å². The quantitative estimate of drug-likeness (QED) is 0.755. The predicted octanol–water partition coefficient (Wildman–Crippen LogP) is 2.38. The molecular weight excluding hydrogens is 398 g/mol. The van der Waals surface area contributed by atoms with Crippen molar-refractivity contribution in [1.82, 2.24) is 13.9 Å². The monoisotopic (exact) mass is 421 g/mol. The second kappa shape index (κ2) is 6.96. The van der Waals surface area contributed by atoms with Crippen molar-refractivity contribution in [3.63, 3.8) is 0 Å². The van der Waals surface area contributed by atoms with Crippen LogP contribution in [0, 0.1) is 11.8 Å². The molecule has 28 heavy (non-hydrogen) atoms. The van der Waals surface area contributed by atoms with Crippen molar-refractivity contribution < 1.29 is 17.9 Å². The second-order valence-corrected chi connectivity index (χ2v) is 10.9. The first-order chi connectivity index (χ1) is 13.5. The number of hydrogen-bond acceptors (Lipinski definition) is 6. The number of ether oxygens (including phenoxy) is 2. The number of imidazole rings is 1. The average Bonchev–Trinajstić information content (AvgIpc) is 3.37. The molecule has 1 saturated heterocycles. The van der Waals surface area contributed by atoms with Gasteiger partial charge >= 0.3 is 0 Å². The standard InChI is InChI=1S/C19H23N3O4S2/c1-21-5-4-20-19(21)27-15-8-13-11-22(12-14(13)9-15)28(23,24)16-2-3-17-18(10-16)26-7-6-25-17/h2-5,10,13-15H,6-9,11-12H2,1H3/t13-,14+,15+. The van der Waals surface area contributed by atoms with Gasteiger partial charge in [-0.3, -0.25) is 0 Å². The highest BCUT2D eigenvalue weighted by atomic mass is 32.2. The maximum absolute atomic E-state index is 13.1. The zero-order valence-corrected chi connectivity index (χ0v) is 17.3. The van der Waals surface area contributed by atoms with Gasteiger partial charge in [-0.05, 0) is 36.8 Å². The fourth-order valence-electron chi connectivity index (χ4n) is 4.44. The summed E-state index contributed by atoms with van der Waals surface area (Å²) in [7, 11) is -1.51. The van der Waals surface area contributed by atoms with Gasteiger partial charge in [0.25, 0.3) is 0 Å². The number of rotatable bonds is 4. The highest BCUT2D eigenvalue weighted by molar-refractivity contribution is 7.99. The first kappa shape index (κ1) is 18.3. The van der Waals surface area contributed by atoms with Crippen LogP contribution in [0.3, 0.4) is 0 Å². The van der Waals surface area contributed by atoms with Gasteiger partial charge < -0.3 is 14.0 Å². The van der Waals surface area contributed by atoms with Gasteiger partial charge in [0.05, 0.1) is 4.90 Å². The molecule has 0 amide bonds. The van der Waals surface area contributed by atoms with Crippen molar-refractivity contribution >= 4 is 21.8 Å². The Morgan fingerprint density at radius 1 is 1.11 bits per heavy atom. The molecule has 3 atom stereocenters. The summed E-state index contributed by atoms with van der Waals surface area (Å²) in [6, 6.07) is 4.91. The summed E-state index contributed by atoms with van der Waals surface area (Å²) in [6.45, 7) is 2.13. The SMILES string of the molecule is Cn1ccnc1S[C@H]1C[C@@H]2CN(S(=O)(=O)c3ccc4c(c3)OCCO4)C[C@@H]2C1. The third kappa shape index (κ3) is 3.19. The lowest BCUT2D eigenvalue weighted by Crippen LogP contribution is -2.30. The Morgan fingerprint density at radius 2 is 1.82 bits per heavy atom. The van der Waals surface area contributed by atoms with Crippen LogP contribution in [-0.4, -0.2) is 53.8 Å². The third-order valence-corrected chi connectivity index (χ3v) is 9.02. The first-order valence-corrected chi connectivity index (χ1v) is 11.9. The zero-order valence-electron chi connectivity index (χ0n) is 15.7. The number of sulfonamides is 1. The Balaban J connectivity index is 1.27. The molecule has 1 aliphatic carbocycles. The zero-order chi connectivity index (χ0) is 19.3. The summed E-state index contributed by atoms with van der Waals surface area (Å²) >= 11 is 1.82. The normalized spacial score (nSPS) is 27.1. The van der Waals surface area contributed by atoms with Crippen LogP contribution >= 0.6 is 11.8 Å². The van der Waals surface area contributed by atoms with Gasteiger partial charge in [0.2, 0.25) is 10.0 Å². The lowest BCUT2D eigenvalue weighted by Gasteiger charge is -2.22. The van der Waals surface area contributed by atoms with E-state index in [-0.39, 0.29) is 4.90 Å². The van der Waals surface area contributed by atoms with Gasteiger partial charge in [-0.15, -0.1) is 0 Å². The van der Waals surface area contributed by atoms with Gasteiger partial charge in [0.15, 0.2) is 16.7 Å². The molecule has 0 radical (unpaired) electrons. The summed E-state index contributed by atoms with van der Waals surface area (Å²) in [5.74, 6) is 1.96. The number of hydrogen-bond donors (Lipinski definition) is 0. The van der Waals surface area contributed by atoms with Crippen molar-refractivity contribution in [3.8, 4) is 11.5 Å². The highest BCUT2D eigenvalue weighted by Gasteiger charge is 2.45. The summed E-state index contributed by atoms with van der Waals surface area (Å²) < 4.78 is 41.0. The van der Waals surface area contributed by atoms with E-state index in [9.17, 15) is 8.42 Å². The number of fused-ring (bicyclic) bond motifs is 2. The number of benzene rings is 1. The number of aryl methyl sites for hydroxylation is 1. The molecule has 0 N–H and O–H groups in total. The maximum Gasteiger partial charge on any atom is 0.243 e. The van der Waals surface area contributed by atoms with Gasteiger partial charge in [0, 0.05) is 43.8 Å². The molecule has 5 rings (SSSR count). The second-order valence-electron chi connectivity index (χ2n) is 7.68. The number of thioether (sulfide) groups is 1. The molecule has 0 bridgehead atoms. The van der Waals surface area contributed by atoms with Crippen LogP contribution in [0.5, 0.6) is 11.5 Å². The Bertz CT molecular complexity index is 977. The van der Waals surface area contributed by atoms with E-state index >= 15 is 0 Å². The summed E-state index contributed by atoms with van der Waals surface area (Å²) in [5, 5.41) is 1.54. The summed E-state index contributed by atoms with van der Waals surface area (Å²) in [4.78, 5) is 4.69. The van der Waals surface area contributed by atoms with E-state index < -0.39 is 10.0 Å². The Labute approximate surface area is 169 Å². The van der Waals surface area contributed by atoms with Crippen LogP contribution in [0.25, 0.3) is 0 Å². The molecule has 3 aliphatic rings. The number of aromatic nitrogens is 2. The average molecular weight is 422 g/mol. The van der Waals surface area contributed by atoms with E-state index in [1.807, 2.05) is 35.8 Å². The molecule has 2 aromatic rings. The van der Waals surface area contributed by atoms with Crippen molar-refractivity contribution in [2.75, 3.05) is 26.3 Å². The van der Waals surface area contributed by atoms with E-state index in [4.69, 9.17) is 9.47 Å². The minimum absolute atomic E-state index is 0.288. The molecule has 1 aromatic carbocycles. The third-order valence-electron chi connectivity index (χ3n) is 5.87. The van der Waals surface area contributed by atoms with Crippen LogP contribution in [-0.2, 0) is 17.1 Å². The fraction of sp³-hybridized carbons (Fsp3) is 0.526. The molecule has 1 saturated carbocycles. The molecule has 3 heterocycles. The maximum atomic E-state index is 13.1. The fourth-order valence-corrected chi connectivity index (χ4v) is 7.34. The molecule has 1 aromatic heterocycles. The summed E-state index contributed by atoms with van der Waals surface area (Å²) in [5.41, 5.74) is 0. The smallest absolute Gasteiger partial charge is 0.243 e. The molecule has 150 valence electrons. The Hall–Kier alpha value is -1.71. The molecule has 2 aliphatic heterocycles. The topological polar surface area (TPSA) is 73.7 Å². The van der Waals surface area contributed by atoms with Crippen LogP contribution in [0.15, 0.2) is 40.6 Å². The minimum Gasteiger partial charge on any atom is -0.486 e. The van der Waals surface area contributed by atoms with E-state index in [1.165, 1.54) is 0 Å². The Morgan fingerprint density at radius 3 is 2.50 bits per heavy atom. The minimum atomic E-state index is -3.51. The van der Waals surface area contributed by atoms with Crippen molar-refractivity contribution in [3.05, 3.63) is 30.6 Å². The lowest BCUT2D eigenvalue weighted by molar-refractivity contribution is 0.171. The van der Waals surface area contributed by atoms with E-state index in [0.29, 0.717) is 54.9 Å². The summed E-state index contributed by atoms with van der Waals surface area (Å²) in [6.07, 6.45) is 5.85. The van der Waals surface area contributed by atoms with Crippen LogP contribution in [0.4, 0.5) is 0 Å². The van der Waals surface area contributed by atoms with E-state index in [0.717, 1.165) is 18.0 Å². The van der Waals surface area contributed by atoms with Crippen LogP contribution in [0.2, 0.25) is 0 Å². The van der Waals surface area contributed by atoms with Gasteiger partial charge in [-0.25, -0.2) is 13.4 Å². The van der Waals surface area contributed by atoms with E-state index in [2.05, 4.69) is 4.98 Å². The first-order valence-electron chi connectivity index (χ1n) is 9.54. The Kier molecular flexibility index (Phi) is 4.56. The van der Waals surface area contributed by atoms with Gasteiger partial charge in [0.1, 0.15) is 13.2 Å². The molecule has 0 spiro atoms. The van der Waals surface area contributed by atoms with Gasteiger partial charge in [-0.1, -0.05) is 11.8 Å². The van der Waals surface area contributed by atoms with Crippen molar-refractivity contribution in [2.24, 2.45) is 18.9 Å². The number of nitrogens with zero attached hydrogens (tertiary/aromatic N) is 3. The predicted molar refractivity (Wildman–Crippen MR) is 105 cm³/mol.